The minimum Gasteiger partial charge on any atom is -0.472 e. The third-order valence-corrected chi connectivity index (χ3v) is 7.77. The second-order valence-electron chi connectivity index (χ2n) is 6.35. The van der Waals surface area contributed by atoms with E-state index >= 15 is 0 Å². The predicted octanol–water partition coefficient (Wildman–Crippen LogP) is 1.61. The van der Waals surface area contributed by atoms with Gasteiger partial charge >= 0.3 is 0 Å². The van der Waals surface area contributed by atoms with Crippen LogP contribution in [0, 0.1) is 0 Å². The van der Waals surface area contributed by atoms with Gasteiger partial charge in [0.2, 0.25) is 20.0 Å². The summed E-state index contributed by atoms with van der Waals surface area (Å²) in [6.45, 7) is 0.454. The Morgan fingerprint density at radius 3 is 2.56 bits per heavy atom. The normalized spacial score (nSPS) is 18.3. The maximum absolute atomic E-state index is 12.4. The molecular weight excluding hydrogens is 392 g/mol. The van der Waals surface area contributed by atoms with E-state index in [1.165, 1.54) is 41.1 Å². The van der Waals surface area contributed by atoms with Gasteiger partial charge in [-0.2, -0.15) is 0 Å². The fraction of sp³-hybridized carbons (Fsp3) is 0.412. The van der Waals surface area contributed by atoms with Gasteiger partial charge in [-0.1, -0.05) is 0 Å². The Labute approximate surface area is 158 Å². The van der Waals surface area contributed by atoms with Gasteiger partial charge in [0.1, 0.15) is 0 Å². The summed E-state index contributed by atoms with van der Waals surface area (Å²) in [5, 5.41) is 9.95. The Morgan fingerprint density at radius 1 is 1.19 bits per heavy atom. The van der Waals surface area contributed by atoms with Gasteiger partial charge in [-0.25, -0.2) is 21.6 Å². The predicted molar refractivity (Wildman–Crippen MR) is 100 cm³/mol. The fourth-order valence-corrected chi connectivity index (χ4v) is 5.60. The van der Waals surface area contributed by atoms with E-state index in [-0.39, 0.29) is 23.6 Å². The number of anilines is 1. The van der Waals surface area contributed by atoms with Crippen molar-refractivity contribution in [2.45, 2.75) is 30.3 Å². The first-order valence-electron chi connectivity index (χ1n) is 8.60. The van der Waals surface area contributed by atoms with Gasteiger partial charge in [0.25, 0.3) is 0 Å². The number of hydrogen-bond acceptors (Lipinski definition) is 6. The zero-order valence-corrected chi connectivity index (χ0v) is 16.2. The zero-order valence-electron chi connectivity index (χ0n) is 14.6. The number of furan rings is 1. The third kappa shape index (κ3) is 4.70. The Bertz CT molecular complexity index is 953. The summed E-state index contributed by atoms with van der Waals surface area (Å²) in [6, 6.07) is 7.38. The quantitative estimate of drug-likeness (QED) is 0.711. The molecule has 1 aromatic carbocycles. The lowest BCUT2D eigenvalue weighted by atomic mass is 10.1. The van der Waals surface area contributed by atoms with Crippen molar-refractivity contribution in [3.63, 3.8) is 0 Å². The molecule has 0 radical (unpaired) electrons. The zero-order chi connectivity index (χ0) is 19.5. The molecule has 27 heavy (non-hydrogen) atoms. The van der Waals surface area contributed by atoms with Crippen molar-refractivity contribution in [1.29, 1.82) is 0 Å². The van der Waals surface area contributed by atoms with Gasteiger partial charge in [-0.05, 0) is 49.6 Å². The summed E-state index contributed by atoms with van der Waals surface area (Å²) in [5.74, 6) is 0.105. The molecule has 0 saturated carbocycles. The summed E-state index contributed by atoms with van der Waals surface area (Å²) in [7, 11) is -7.09. The summed E-state index contributed by atoms with van der Waals surface area (Å²) in [5.41, 5.74) is 1.05. The molecule has 3 rings (SSSR count). The molecule has 1 fully saturated rings. The molecule has 0 aliphatic carbocycles. The number of nitrogens with zero attached hydrogens (tertiary/aromatic N) is 1. The maximum Gasteiger partial charge on any atom is 0.240 e. The Balaban J connectivity index is 1.63. The molecule has 10 heteroatoms. The second-order valence-corrected chi connectivity index (χ2v) is 10.1. The van der Waals surface area contributed by atoms with Crippen LogP contribution in [0.1, 0.15) is 30.9 Å². The van der Waals surface area contributed by atoms with Gasteiger partial charge in [0.05, 0.1) is 35.0 Å². The monoisotopic (exact) mass is 414 g/mol. The molecule has 0 bridgehead atoms. The van der Waals surface area contributed by atoms with Crippen molar-refractivity contribution in [2.24, 2.45) is 0 Å². The highest BCUT2D eigenvalue weighted by atomic mass is 32.2. The van der Waals surface area contributed by atoms with E-state index in [4.69, 9.17) is 4.42 Å². The summed E-state index contributed by atoms with van der Waals surface area (Å²) in [6.07, 6.45) is 3.64. The summed E-state index contributed by atoms with van der Waals surface area (Å²) >= 11 is 0. The molecule has 2 heterocycles. The number of sulfonamides is 2. The van der Waals surface area contributed by atoms with Gasteiger partial charge in [0, 0.05) is 18.7 Å². The highest BCUT2D eigenvalue weighted by Gasteiger charge is 2.26. The van der Waals surface area contributed by atoms with Crippen molar-refractivity contribution in [3.8, 4) is 0 Å². The minimum absolute atomic E-state index is 0.0402. The highest BCUT2D eigenvalue weighted by molar-refractivity contribution is 7.92. The second kappa shape index (κ2) is 8.01. The summed E-state index contributed by atoms with van der Waals surface area (Å²) < 4.78 is 57.6. The molecule has 1 aromatic heterocycles. The van der Waals surface area contributed by atoms with Crippen LogP contribution in [0.25, 0.3) is 0 Å². The molecular formula is C17H22N2O6S2. The number of hydrogen-bond donors (Lipinski definition) is 2. The van der Waals surface area contributed by atoms with Gasteiger partial charge in [0.15, 0.2) is 0 Å². The van der Waals surface area contributed by atoms with E-state index in [2.05, 4.69) is 4.72 Å². The van der Waals surface area contributed by atoms with Crippen LogP contribution in [0.2, 0.25) is 0 Å². The minimum atomic E-state index is -3.75. The van der Waals surface area contributed by atoms with Crippen LogP contribution in [0.3, 0.4) is 0 Å². The Hall–Kier alpha value is -1.88. The molecule has 148 valence electrons. The van der Waals surface area contributed by atoms with E-state index < -0.39 is 26.2 Å². The number of nitrogens with one attached hydrogen (secondary N) is 1. The van der Waals surface area contributed by atoms with Gasteiger partial charge in [-0.15, -0.1) is 0 Å². The molecule has 1 aliphatic heterocycles. The van der Waals surface area contributed by atoms with E-state index in [9.17, 15) is 21.9 Å². The molecule has 1 saturated heterocycles. The highest BCUT2D eigenvalue weighted by Crippen LogP contribution is 2.25. The van der Waals surface area contributed by atoms with Crippen molar-refractivity contribution in [2.75, 3.05) is 23.1 Å². The standard InChI is InChI=1S/C17H22N2O6S2/c20-17(14-8-11-25-13-14)7-9-18-27(23,24)16-5-3-15(4-6-16)19-10-1-2-12-26(19,21)22/h3-6,8,11,13,17-18,20H,1-2,7,9-10,12H2/t17-/m0/s1. The first kappa shape index (κ1) is 19.9. The maximum atomic E-state index is 12.4. The van der Waals surface area contributed by atoms with Gasteiger partial charge < -0.3 is 9.52 Å². The number of aliphatic hydroxyl groups excluding tert-OH is 1. The average molecular weight is 415 g/mol. The van der Waals surface area contributed by atoms with Crippen molar-refractivity contribution in [1.82, 2.24) is 4.72 Å². The van der Waals surface area contributed by atoms with Crippen molar-refractivity contribution < 1.29 is 26.4 Å². The molecule has 1 atom stereocenters. The van der Waals surface area contributed by atoms with Gasteiger partial charge in [-0.3, -0.25) is 4.31 Å². The Morgan fingerprint density at radius 2 is 1.93 bits per heavy atom. The number of aliphatic hydroxyl groups is 1. The topological polar surface area (TPSA) is 117 Å². The van der Waals surface area contributed by atoms with Crippen LogP contribution in [0.5, 0.6) is 0 Å². The lowest BCUT2D eigenvalue weighted by Gasteiger charge is -2.28. The van der Waals surface area contributed by atoms with Crippen LogP contribution in [0.4, 0.5) is 5.69 Å². The third-order valence-electron chi connectivity index (χ3n) is 4.42. The fourth-order valence-electron chi connectivity index (χ4n) is 2.92. The number of rotatable bonds is 7. The lowest BCUT2D eigenvalue weighted by molar-refractivity contribution is 0.168. The molecule has 2 aromatic rings. The van der Waals surface area contributed by atoms with Crippen LogP contribution >= 0.6 is 0 Å². The lowest BCUT2D eigenvalue weighted by Crippen LogP contribution is -2.37. The first-order valence-corrected chi connectivity index (χ1v) is 11.7. The van der Waals surface area contributed by atoms with E-state index in [1.807, 2.05) is 0 Å². The average Bonchev–Trinajstić information content (AvgIpc) is 3.16. The smallest absolute Gasteiger partial charge is 0.240 e. The SMILES string of the molecule is O=S(=O)(NCC[C@H](O)c1ccoc1)c1ccc(N2CCCCS2(=O)=O)cc1. The van der Waals surface area contributed by atoms with Crippen LogP contribution < -0.4 is 9.03 Å². The van der Waals surface area contributed by atoms with E-state index in [1.54, 1.807) is 6.07 Å². The number of benzene rings is 1. The molecule has 1 aliphatic rings. The first-order chi connectivity index (χ1) is 12.8. The van der Waals surface area contributed by atoms with Crippen LogP contribution in [-0.4, -0.2) is 40.8 Å². The molecule has 0 amide bonds. The Kier molecular flexibility index (Phi) is 5.89. The van der Waals surface area contributed by atoms with Crippen molar-refractivity contribution in [3.05, 3.63) is 48.4 Å². The van der Waals surface area contributed by atoms with E-state index in [0.29, 0.717) is 24.2 Å². The largest absolute Gasteiger partial charge is 0.472 e. The van der Waals surface area contributed by atoms with Crippen LogP contribution in [0.15, 0.2) is 52.2 Å². The van der Waals surface area contributed by atoms with Crippen LogP contribution in [-0.2, 0) is 20.0 Å². The molecule has 0 unspecified atom stereocenters. The molecule has 2 N–H and O–H groups in total. The van der Waals surface area contributed by atoms with Crippen molar-refractivity contribution >= 4 is 25.7 Å². The molecule has 0 spiro atoms. The summed E-state index contributed by atoms with van der Waals surface area (Å²) in [4.78, 5) is 0.0402. The van der Waals surface area contributed by atoms with E-state index in [0.717, 1.165) is 6.42 Å². The molecule has 8 nitrogen and oxygen atoms in total.